The topological polar surface area (TPSA) is 72.2 Å². The van der Waals surface area contributed by atoms with E-state index >= 15 is 0 Å². The molecule has 0 aliphatic rings. The van der Waals surface area contributed by atoms with Crippen molar-refractivity contribution < 1.29 is 12.9 Å². The minimum Gasteiger partial charge on any atom is -0.355 e. The first-order chi connectivity index (χ1) is 10.5. The molecule has 2 heterocycles. The van der Waals surface area contributed by atoms with Crippen molar-refractivity contribution >= 4 is 43.0 Å². The van der Waals surface area contributed by atoms with Crippen molar-refractivity contribution in [3.8, 4) is 10.6 Å². The Morgan fingerprint density at radius 3 is 2.73 bits per heavy atom. The van der Waals surface area contributed by atoms with Crippen LogP contribution in [0.5, 0.6) is 0 Å². The van der Waals surface area contributed by atoms with Crippen molar-refractivity contribution in [1.82, 2.24) is 5.16 Å². The van der Waals surface area contributed by atoms with Gasteiger partial charge in [0.2, 0.25) is 0 Å². The molecule has 3 aromatic rings. The molecule has 2 aromatic heterocycles. The summed E-state index contributed by atoms with van der Waals surface area (Å²) in [6, 6.07) is 10.2. The highest BCUT2D eigenvalue weighted by atomic mass is 79.9. The third-order valence-electron chi connectivity index (χ3n) is 2.94. The zero-order chi connectivity index (χ0) is 15.7. The Bertz CT molecular complexity index is 902. The first-order valence-electron chi connectivity index (χ1n) is 6.25. The zero-order valence-corrected chi connectivity index (χ0v) is 14.6. The van der Waals surface area contributed by atoms with Crippen LogP contribution in [0.3, 0.4) is 0 Å². The summed E-state index contributed by atoms with van der Waals surface area (Å²) in [6.45, 7) is 1.90. The summed E-state index contributed by atoms with van der Waals surface area (Å²) in [5.74, 6) is 0.547. The number of sulfonamides is 1. The normalized spacial score (nSPS) is 11.5. The summed E-state index contributed by atoms with van der Waals surface area (Å²) >= 11 is 4.52. The van der Waals surface area contributed by atoms with Gasteiger partial charge in [-0.1, -0.05) is 21.1 Å². The fourth-order valence-corrected chi connectivity index (χ4v) is 4.41. The second-order valence-electron chi connectivity index (χ2n) is 4.56. The number of aromatic nitrogens is 1. The van der Waals surface area contributed by atoms with Gasteiger partial charge in [-0.3, -0.25) is 4.72 Å². The quantitative estimate of drug-likeness (QED) is 0.711. The van der Waals surface area contributed by atoms with Gasteiger partial charge in [-0.2, -0.15) is 0 Å². The molecule has 5 nitrogen and oxygen atoms in total. The molecule has 0 radical (unpaired) electrons. The van der Waals surface area contributed by atoms with Crippen molar-refractivity contribution in [1.29, 1.82) is 0 Å². The van der Waals surface area contributed by atoms with Gasteiger partial charge in [0.25, 0.3) is 10.0 Å². The molecule has 1 N–H and O–H groups in total. The molecule has 0 unspecified atom stereocenters. The molecule has 0 fully saturated rings. The Hall–Kier alpha value is -1.64. The Morgan fingerprint density at radius 1 is 1.23 bits per heavy atom. The summed E-state index contributed by atoms with van der Waals surface area (Å²) in [4.78, 5) is 0.713. The molecule has 0 spiro atoms. The van der Waals surface area contributed by atoms with Crippen LogP contribution in [0.1, 0.15) is 5.56 Å². The summed E-state index contributed by atoms with van der Waals surface area (Å²) in [6.07, 6.45) is 1.52. The van der Waals surface area contributed by atoms with Crippen LogP contribution in [0.15, 0.2) is 55.8 Å². The van der Waals surface area contributed by atoms with Crippen molar-refractivity contribution in [3.63, 3.8) is 0 Å². The van der Waals surface area contributed by atoms with E-state index in [2.05, 4.69) is 25.8 Å². The average Bonchev–Trinajstić information content (AvgIpc) is 3.12. The number of thiophene rings is 1. The second kappa shape index (κ2) is 5.86. The van der Waals surface area contributed by atoms with Crippen molar-refractivity contribution in [2.45, 2.75) is 11.1 Å². The molecule has 0 aliphatic carbocycles. The Balaban J connectivity index is 1.88. The average molecular weight is 399 g/mol. The Morgan fingerprint density at radius 2 is 2.05 bits per heavy atom. The number of anilines is 1. The van der Waals surface area contributed by atoms with Crippen LogP contribution in [0.2, 0.25) is 0 Å². The molecule has 0 saturated heterocycles. The third kappa shape index (κ3) is 3.08. The Labute approximate surface area is 140 Å². The van der Waals surface area contributed by atoms with Crippen molar-refractivity contribution in [2.24, 2.45) is 0 Å². The molecule has 0 saturated carbocycles. The minimum absolute atomic E-state index is 0.222. The number of aryl methyl sites for hydroxylation is 1. The summed E-state index contributed by atoms with van der Waals surface area (Å²) in [5, 5.41) is 3.62. The lowest BCUT2D eigenvalue weighted by atomic mass is 10.2. The van der Waals surface area contributed by atoms with E-state index in [9.17, 15) is 8.42 Å². The minimum atomic E-state index is -3.62. The first kappa shape index (κ1) is 15.3. The predicted octanol–water partition coefficient (Wildman–Crippen LogP) is 4.27. The van der Waals surface area contributed by atoms with Crippen LogP contribution >= 0.6 is 27.3 Å². The van der Waals surface area contributed by atoms with Crippen molar-refractivity contribution in [3.05, 3.63) is 52.6 Å². The lowest BCUT2D eigenvalue weighted by Crippen LogP contribution is -2.11. The molecule has 3 rings (SSSR count). The molecular formula is C14H11BrN2O3S2. The first-order valence-corrected chi connectivity index (χ1v) is 9.35. The second-order valence-corrected chi connectivity index (χ2v) is 8.41. The third-order valence-corrected chi connectivity index (χ3v) is 6.80. The van der Waals surface area contributed by atoms with Crippen LogP contribution in [0.4, 0.5) is 5.69 Å². The highest BCUT2D eigenvalue weighted by Crippen LogP contribution is 2.31. The monoisotopic (exact) mass is 398 g/mol. The standard InChI is InChI=1S/C14H11BrN2O3S2/c1-9-8-10(2-3-11(9)15)17-22(18,19)14-5-4-13(21-14)12-6-7-16-20-12/h2-8,17H,1H3. The van der Waals surface area contributed by atoms with Gasteiger partial charge in [-0.25, -0.2) is 8.42 Å². The maximum Gasteiger partial charge on any atom is 0.271 e. The molecule has 22 heavy (non-hydrogen) atoms. The zero-order valence-electron chi connectivity index (χ0n) is 11.4. The summed E-state index contributed by atoms with van der Waals surface area (Å²) in [5.41, 5.74) is 1.48. The van der Waals surface area contributed by atoms with E-state index in [1.165, 1.54) is 6.20 Å². The molecule has 0 bridgehead atoms. The number of nitrogens with one attached hydrogen (secondary N) is 1. The molecule has 1 aromatic carbocycles. The van der Waals surface area contributed by atoms with E-state index in [4.69, 9.17) is 4.52 Å². The SMILES string of the molecule is Cc1cc(NS(=O)(=O)c2ccc(-c3ccno3)s2)ccc1Br. The maximum absolute atomic E-state index is 12.4. The van der Waals surface area contributed by atoms with Crippen LogP contribution in [0, 0.1) is 6.92 Å². The maximum atomic E-state index is 12.4. The number of hydrogen-bond acceptors (Lipinski definition) is 5. The van der Waals surface area contributed by atoms with Gasteiger partial charge < -0.3 is 4.52 Å². The molecule has 8 heteroatoms. The van der Waals surface area contributed by atoms with Gasteiger partial charge in [0.15, 0.2) is 5.76 Å². The van der Waals surface area contributed by atoms with E-state index in [0.29, 0.717) is 16.3 Å². The largest absolute Gasteiger partial charge is 0.355 e. The van der Waals surface area contributed by atoms with E-state index in [1.807, 2.05) is 13.0 Å². The number of hydrogen-bond donors (Lipinski definition) is 1. The van der Waals surface area contributed by atoms with Gasteiger partial charge in [0, 0.05) is 16.2 Å². The smallest absolute Gasteiger partial charge is 0.271 e. The number of nitrogens with zero attached hydrogens (tertiary/aromatic N) is 1. The number of halogens is 1. The molecule has 0 atom stereocenters. The van der Waals surface area contributed by atoms with Gasteiger partial charge in [-0.05, 0) is 42.8 Å². The van der Waals surface area contributed by atoms with E-state index in [-0.39, 0.29) is 4.21 Å². The molecule has 0 amide bonds. The Kier molecular flexibility index (Phi) is 4.07. The van der Waals surface area contributed by atoms with E-state index in [1.54, 1.807) is 30.3 Å². The van der Waals surface area contributed by atoms with Crippen LogP contribution in [0.25, 0.3) is 10.6 Å². The van der Waals surface area contributed by atoms with Gasteiger partial charge in [0.05, 0.1) is 11.1 Å². The fraction of sp³-hybridized carbons (Fsp3) is 0.0714. The summed E-state index contributed by atoms with van der Waals surface area (Å²) < 4.78 is 33.6. The number of benzene rings is 1. The van der Waals surface area contributed by atoms with Gasteiger partial charge >= 0.3 is 0 Å². The van der Waals surface area contributed by atoms with Crippen LogP contribution < -0.4 is 4.72 Å². The lowest BCUT2D eigenvalue weighted by Gasteiger charge is -2.07. The highest BCUT2D eigenvalue weighted by Gasteiger charge is 2.18. The fourth-order valence-electron chi connectivity index (χ4n) is 1.85. The van der Waals surface area contributed by atoms with Crippen LogP contribution in [-0.4, -0.2) is 13.6 Å². The predicted molar refractivity (Wildman–Crippen MR) is 89.5 cm³/mol. The lowest BCUT2D eigenvalue weighted by molar-refractivity contribution is 0.433. The number of rotatable bonds is 4. The molecule has 0 aliphatic heterocycles. The molecule has 114 valence electrons. The van der Waals surface area contributed by atoms with E-state index in [0.717, 1.165) is 21.4 Å². The molecular weight excluding hydrogens is 388 g/mol. The summed E-state index contributed by atoms with van der Waals surface area (Å²) in [7, 11) is -3.62. The van der Waals surface area contributed by atoms with Crippen molar-refractivity contribution in [2.75, 3.05) is 4.72 Å². The van der Waals surface area contributed by atoms with Gasteiger partial charge in [-0.15, -0.1) is 11.3 Å². The van der Waals surface area contributed by atoms with E-state index < -0.39 is 10.0 Å². The van der Waals surface area contributed by atoms with Crippen LogP contribution in [-0.2, 0) is 10.0 Å². The highest BCUT2D eigenvalue weighted by molar-refractivity contribution is 9.10. The van der Waals surface area contributed by atoms with Gasteiger partial charge in [0.1, 0.15) is 4.21 Å².